The van der Waals surface area contributed by atoms with E-state index >= 15 is 0 Å². The molecule has 0 unspecified atom stereocenters. The fourth-order valence-corrected chi connectivity index (χ4v) is 2.76. The predicted octanol–water partition coefficient (Wildman–Crippen LogP) is 1.50. The third-order valence-electron chi connectivity index (χ3n) is 4.26. The van der Waals surface area contributed by atoms with Crippen molar-refractivity contribution >= 4 is 11.8 Å². The Balaban J connectivity index is 1.72. The topological polar surface area (TPSA) is 58.6 Å². The molecule has 22 heavy (non-hydrogen) atoms. The standard InChI is InChI=1S/C17H22N2O3/c1-18-16(20)7-3-12-2-6-15-14(10-12)11-19(8-9-22-15)17(21)13-4-5-13/h2,6,10,13H,3-5,7-9,11H2,1H3,(H,18,20). The first-order chi connectivity index (χ1) is 10.7. The molecule has 2 aliphatic rings. The maximum absolute atomic E-state index is 12.3. The minimum absolute atomic E-state index is 0.0386. The number of nitrogens with zero attached hydrogens (tertiary/aromatic N) is 1. The third kappa shape index (κ3) is 3.40. The molecule has 1 heterocycles. The lowest BCUT2D eigenvalue weighted by Gasteiger charge is -2.19. The van der Waals surface area contributed by atoms with Crippen molar-refractivity contribution in [3.8, 4) is 5.75 Å². The molecule has 0 saturated heterocycles. The molecule has 0 bridgehead atoms. The van der Waals surface area contributed by atoms with E-state index in [0.29, 0.717) is 32.5 Å². The van der Waals surface area contributed by atoms with E-state index in [1.807, 2.05) is 17.0 Å². The maximum Gasteiger partial charge on any atom is 0.226 e. The number of hydrogen-bond donors (Lipinski definition) is 1. The zero-order chi connectivity index (χ0) is 15.5. The van der Waals surface area contributed by atoms with Crippen LogP contribution in [0.5, 0.6) is 5.75 Å². The van der Waals surface area contributed by atoms with Gasteiger partial charge in [-0.05, 0) is 30.9 Å². The van der Waals surface area contributed by atoms with Crippen molar-refractivity contribution in [1.82, 2.24) is 10.2 Å². The summed E-state index contributed by atoms with van der Waals surface area (Å²) in [7, 11) is 1.65. The molecule has 3 rings (SSSR count). The molecule has 0 atom stereocenters. The number of hydrogen-bond acceptors (Lipinski definition) is 3. The van der Waals surface area contributed by atoms with Crippen molar-refractivity contribution in [2.45, 2.75) is 32.2 Å². The summed E-state index contributed by atoms with van der Waals surface area (Å²) in [6.07, 6.45) is 3.22. The van der Waals surface area contributed by atoms with Crippen molar-refractivity contribution in [3.63, 3.8) is 0 Å². The zero-order valence-corrected chi connectivity index (χ0v) is 12.9. The molecule has 1 aromatic rings. The highest BCUT2D eigenvalue weighted by Gasteiger charge is 2.34. The molecule has 1 N–H and O–H groups in total. The molecular weight excluding hydrogens is 280 g/mol. The van der Waals surface area contributed by atoms with Gasteiger partial charge in [0.1, 0.15) is 12.4 Å². The van der Waals surface area contributed by atoms with Gasteiger partial charge in [0.25, 0.3) is 0 Å². The van der Waals surface area contributed by atoms with Crippen LogP contribution in [-0.2, 0) is 22.6 Å². The van der Waals surface area contributed by atoms with E-state index in [9.17, 15) is 9.59 Å². The summed E-state index contributed by atoms with van der Waals surface area (Å²) in [5, 5.41) is 2.63. The maximum atomic E-state index is 12.3. The van der Waals surface area contributed by atoms with Gasteiger partial charge in [0.2, 0.25) is 11.8 Å². The predicted molar refractivity (Wildman–Crippen MR) is 82.5 cm³/mol. The highest BCUT2D eigenvalue weighted by Crippen LogP contribution is 2.33. The second kappa shape index (κ2) is 6.38. The van der Waals surface area contributed by atoms with Crippen molar-refractivity contribution in [3.05, 3.63) is 29.3 Å². The fraction of sp³-hybridized carbons (Fsp3) is 0.529. The summed E-state index contributed by atoms with van der Waals surface area (Å²) in [5.74, 6) is 1.39. The van der Waals surface area contributed by atoms with Gasteiger partial charge in [-0.1, -0.05) is 12.1 Å². The molecule has 1 fully saturated rings. The van der Waals surface area contributed by atoms with E-state index < -0.39 is 0 Å². The Hall–Kier alpha value is -2.04. The number of amides is 2. The van der Waals surface area contributed by atoms with Crippen LogP contribution in [0.2, 0.25) is 0 Å². The van der Waals surface area contributed by atoms with Crippen LogP contribution in [0.15, 0.2) is 18.2 Å². The van der Waals surface area contributed by atoms with Crippen LogP contribution >= 0.6 is 0 Å². The summed E-state index contributed by atoms with van der Waals surface area (Å²) < 4.78 is 5.76. The van der Waals surface area contributed by atoms with Crippen LogP contribution in [0.1, 0.15) is 30.4 Å². The van der Waals surface area contributed by atoms with Crippen molar-refractivity contribution in [2.24, 2.45) is 5.92 Å². The van der Waals surface area contributed by atoms with Crippen molar-refractivity contribution in [2.75, 3.05) is 20.2 Å². The smallest absolute Gasteiger partial charge is 0.226 e. The summed E-state index contributed by atoms with van der Waals surface area (Å²) in [5.41, 5.74) is 2.15. The Morgan fingerprint density at radius 2 is 2.18 bits per heavy atom. The lowest BCUT2D eigenvalue weighted by molar-refractivity contribution is -0.133. The van der Waals surface area contributed by atoms with E-state index in [1.54, 1.807) is 7.05 Å². The van der Waals surface area contributed by atoms with Crippen LogP contribution in [0.25, 0.3) is 0 Å². The monoisotopic (exact) mass is 302 g/mol. The summed E-state index contributed by atoms with van der Waals surface area (Å²) in [6.45, 7) is 1.80. The Morgan fingerprint density at radius 1 is 1.36 bits per heavy atom. The molecular formula is C17H22N2O3. The van der Waals surface area contributed by atoms with Gasteiger partial charge < -0.3 is 15.0 Å². The van der Waals surface area contributed by atoms with E-state index in [2.05, 4.69) is 11.4 Å². The Kier molecular flexibility index (Phi) is 4.32. The van der Waals surface area contributed by atoms with E-state index in [0.717, 1.165) is 29.7 Å². The first-order valence-corrected chi connectivity index (χ1v) is 7.91. The van der Waals surface area contributed by atoms with Crippen LogP contribution in [0, 0.1) is 5.92 Å². The quantitative estimate of drug-likeness (QED) is 0.917. The molecule has 0 aromatic heterocycles. The van der Waals surface area contributed by atoms with Gasteiger partial charge in [-0.3, -0.25) is 9.59 Å². The number of rotatable bonds is 4. The molecule has 1 aliphatic heterocycles. The molecule has 1 aromatic carbocycles. The summed E-state index contributed by atoms with van der Waals surface area (Å²) in [4.78, 5) is 25.6. The lowest BCUT2D eigenvalue weighted by Crippen LogP contribution is -2.33. The van der Waals surface area contributed by atoms with Crippen molar-refractivity contribution in [1.29, 1.82) is 0 Å². The highest BCUT2D eigenvalue weighted by atomic mass is 16.5. The summed E-state index contributed by atoms with van der Waals surface area (Å²) >= 11 is 0. The van der Waals surface area contributed by atoms with E-state index in [-0.39, 0.29) is 17.7 Å². The molecule has 5 heteroatoms. The van der Waals surface area contributed by atoms with Crippen LogP contribution in [0.3, 0.4) is 0 Å². The SMILES string of the molecule is CNC(=O)CCc1ccc2c(c1)CN(C(=O)C1CC1)CCO2. The fourth-order valence-electron chi connectivity index (χ4n) is 2.76. The molecule has 1 aliphatic carbocycles. The minimum atomic E-state index is 0.0386. The highest BCUT2D eigenvalue weighted by molar-refractivity contribution is 5.81. The summed E-state index contributed by atoms with van der Waals surface area (Å²) in [6, 6.07) is 6.02. The van der Waals surface area contributed by atoms with Gasteiger partial charge in [0, 0.05) is 31.5 Å². The number of nitrogens with one attached hydrogen (secondary N) is 1. The second-order valence-corrected chi connectivity index (χ2v) is 6.00. The number of benzene rings is 1. The van der Waals surface area contributed by atoms with Gasteiger partial charge in [0.05, 0.1) is 6.54 Å². The number of carbonyl (C=O) groups excluding carboxylic acids is 2. The molecule has 0 spiro atoms. The van der Waals surface area contributed by atoms with E-state index in [4.69, 9.17) is 4.74 Å². The Morgan fingerprint density at radius 3 is 2.91 bits per heavy atom. The van der Waals surface area contributed by atoms with Crippen LogP contribution in [-0.4, -0.2) is 36.9 Å². The molecule has 0 radical (unpaired) electrons. The Bertz CT molecular complexity index is 581. The molecule has 2 amide bonds. The van der Waals surface area contributed by atoms with Crippen LogP contribution in [0.4, 0.5) is 0 Å². The van der Waals surface area contributed by atoms with Gasteiger partial charge in [-0.15, -0.1) is 0 Å². The second-order valence-electron chi connectivity index (χ2n) is 6.00. The Labute approximate surface area is 130 Å². The normalized spacial score (nSPS) is 17.2. The van der Waals surface area contributed by atoms with Crippen molar-refractivity contribution < 1.29 is 14.3 Å². The largest absolute Gasteiger partial charge is 0.491 e. The molecule has 5 nitrogen and oxygen atoms in total. The lowest BCUT2D eigenvalue weighted by atomic mass is 10.0. The molecule has 1 saturated carbocycles. The molecule has 118 valence electrons. The van der Waals surface area contributed by atoms with Gasteiger partial charge in [0.15, 0.2) is 0 Å². The number of carbonyl (C=O) groups is 2. The zero-order valence-electron chi connectivity index (χ0n) is 12.9. The third-order valence-corrected chi connectivity index (χ3v) is 4.26. The average Bonchev–Trinajstić information content (AvgIpc) is 3.37. The van der Waals surface area contributed by atoms with Crippen LogP contribution < -0.4 is 10.1 Å². The van der Waals surface area contributed by atoms with Gasteiger partial charge >= 0.3 is 0 Å². The van der Waals surface area contributed by atoms with Gasteiger partial charge in [-0.25, -0.2) is 0 Å². The van der Waals surface area contributed by atoms with Gasteiger partial charge in [-0.2, -0.15) is 0 Å². The first kappa shape index (κ1) is 14.9. The van der Waals surface area contributed by atoms with E-state index in [1.165, 1.54) is 0 Å². The average molecular weight is 302 g/mol. The number of fused-ring (bicyclic) bond motifs is 1. The number of aryl methyl sites for hydroxylation is 1. The first-order valence-electron chi connectivity index (χ1n) is 7.91. The number of ether oxygens (including phenoxy) is 1. The minimum Gasteiger partial charge on any atom is -0.491 e.